The molecule has 0 saturated carbocycles. The van der Waals surface area contributed by atoms with Crippen molar-refractivity contribution in [3.8, 4) is 5.75 Å². The summed E-state index contributed by atoms with van der Waals surface area (Å²) in [6, 6.07) is 5.39. The molecule has 2 heterocycles. The molecule has 0 aliphatic carbocycles. The van der Waals surface area contributed by atoms with Crippen LogP contribution in [0.4, 0.5) is 4.39 Å². The Morgan fingerprint density at radius 1 is 1.30 bits per heavy atom. The van der Waals surface area contributed by atoms with Crippen LogP contribution in [0, 0.1) is 11.7 Å². The maximum absolute atomic E-state index is 13.4. The molecule has 3 nitrogen and oxygen atoms in total. The van der Waals surface area contributed by atoms with Gasteiger partial charge in [0, 0.05) is 19.1 Å². The molecule has 1 aromatic rings. The normalized spacial score (nSPS) is 27.9. The molecule has 4 heteroatoms. The van der Waals surface area contributed by atoms with Crippen LogP contribution < -0.4 is 5.32 Å². The number of phenols is 1. The summed E-state index contributed by atoms with van der Waals surface area (Å²) in [5.41, 5.74) is 0.945. The number of aromatic hydroxyl groups is 1. The maximum Gasteiger partial charge on any atom is 0.165 e. The van der Waals surface area contributed by atoms with E-state index in [-0.39, 0.29) is 5.75 Å². The summed E-state index contributed by atoms with van der Waals surface area (Å²) in [6.07, 6.45) is 5.12. The number of piperidine rings is 1. The lowest BCUT2D eigenvalue weighted by molar-refractivity contribution is 0.145. The van der Waals surface area contributed by atoms with Gasteiger partial charge in [-0.3, -0.25) is 4.90 Å². The second-order valence-electron chi connectivity index (χ2n) is 6.13. The lowest BCUT2D eigenvalue weighted by Crippen LogP contribution is -2.43. The molecule has 1 aromatic carbocycles. The molecule has 0 aromatic heterocycles. The molecule has 0 bridgehead atoms. The van der Waals surface area contributed by atoms with E-state index in [2.05, 4.69) is 10.2 Å². The largest absolute Gasteiger partial charge is 0.505 e. The van der Waals surface area contributed by atoms with Gasteiger partial charge in [0.15, 0.2) is 11.6 Å². The number of likely N-dealkylation sites (tertiary alicyclic amines) is 1. The van der Waals surface area contributed by atoms with Crippen LogP contribution in [0.25, 0.3) is 0 Å². The summed E-state index contributed by atoms with van der Waals surface area (Å²) in [7, 11) is 0. The zero-order chi connectivity index (χ0) is 13.9. The van der Waals surface area contributed by atoms with E-state index in [1.807, 2.05) is 6.07 Å². The number of phenolic OH excluding ortho intramolecular Hbond substituents is 1. The van der Waals surface area contributed by atoms with Gasteiger partial charge in [-0.25, -0.2) is 4.39 Å². The van der Waals surface area contributed by atoms with Gasteiger partial charge in [-0.2, -0.15) is 0 Å². The van der Waals surface area contributed by atoms with E-state index >= 15 is 0 Å². The number of hydrogen-bond donors (Lipinski definition) is 2. The van der Waals surface area contributed by atoms with Crippen molar-refractivity contribution in [3.63, 3.8) is 0 Å². The summed E-state index contributed by atoms with van der Waals surface area (Å²) < 4.78 is 13.4. The van der Waals surface area contributed by atoms with Crippen molar-refractivity contribution in [1.29, 1.82) is 0 Å². The Balaban J connectivity index is 1.60. The lowest BCUT2D eigenvalue weighted by atomic mass is 9.89. The van der Waals surface area contributed by atoms with Crippen LogP contribution in [0.2, 0.25) is 0 Å². The lowest BCUT2D eigenvalue weighted by Gasteiger charge is -2.35. The number of nitrogens with zero attached hydrogens (tertiary/aromatic N) is 1. The maximum atomic E-state index is 13.4. The minimum atomic E-state index is -0.520. The van der Waals surface area contributed by atoms with Crippen LogP contribution in [0.3, 0.4) is 0 Å². The molecule has 2 fully saturated rings. The van der Waals surface area contributed by atoms with Gasteiger partial charge < -0.3 is 10.4 Å². The zero-order valence-electron chi connectivity index (χ0n) is 11.8. The van der Waals surface area contributed by atoms with Gasteiger partial charge in [-0.1, -0.05) is 6.07 Å². The highest BCUT2D eigenvalue weighted by Crippen LogP contribution is 2.26. The van der Waals surface area contributed by atoms with Gasteiger partial charge in [-0.05, 0) is 62.4 Å². The average Bonchev–Trinajstić information content (AvgIpc) is 2.97. The Bertz CT molecular complexity index is 460. The first-order valence-corrected chi connectivity index (χ1v) is 7.65. The van der Waals surface area contributed by atoms with Crippen molar-refractivity contribution in [1.82, 2.24) is 10.2 Å². The van der Waals surface area contributed by atoms with Gasteiger partial charge in [0.1, 0.15) is 0 Å². The molecule has 0 radical (unpaired) electrons. The van der Waals surface area contributed by atoms with Crippen LogP contribution >= 0.6 is 0 Å². The number of hydrogen-bond acceptors (Lipinski definition) is 3. The number of rotatable bonds is 3. The first-order chi connectivity index (χ1) is 9.72. The topological polar surface area (TPSA) is 35.5 Å². The minimum Gasteiger partial charge on any atom is -0.505 e. The van der Waals surface area contributed by atoms with Crippen LogP contribution in [0.5, 0.6) is 5.75 Å². The van der Waals surface area contributed by atoms with E-state index in [1.54, 1.807) is 0 Å². The molecule has 2 atom stereocenters. The minimum absolute atomic E-state index is 0.263. The van der Waals surface area contributed by atoms with E-state index < -0.39 is 5.82 Å². The molecule has 20 heavy (non-hydrogen) atoms. The van der Waals surface area contributed by atoms with Crippen molar-refractivity contribution in [3.05, 3.63) is 29.6 Å². The quantitative estimate of drug-likeness (QED) is 0.891. The standard InChI is InChI=1S/C16H23FN2O/c17-14-9-12(5-6-16(14)20)10-19-8-2-3-13(11-19)15-4-1-7-18-15/h5-6,9,13,15,18,20H,1-4,7-8,10-11H2. The highest BCUT2D eigenvalue weighted by atomic mass is 19.1. The van der Waals surface area contributed by atoms with Gasteiger partial charge in [0.2, 0.25) is 0 Å². The summed E-state index contributed by atoms with van der Waals surface area (Å²) >= 11 is 0. The first kappa shape index (κ1) is 13.8. The van der Waals surface area contributed by atoms with Crippen molar-refractivity contribution in [2.45, 2.75) is 38.3 Å². The Labute approximate surface area is 119 Å². The van der Waals surface area contributed by atoms with E-state index in [4.69, 9.17) is 0 Å². The molecule has 0 spiro atoms. The van der Waals surface area contributed by atoms with Crippen LogP contribution in [-0.2, 0) is 6.54 Å². The molecule has 2 unspecified atom stereocenters. The van der Waals surface area contributed by atoms with Crippen LogP contribution in [0.1, 0.15) is 31.2 Å². The predicted octanol–water partition coefficient (Wildman–Crippen LogP) is 2.50. The van der Waals surface area contributed by atoms with Gasteiger partial charge in [0.05, 0.1) is 0 Å². The molecule has 3 rings (SSSR count). The molecule has 2 aliphatic rings. The fourth-order valence-corrected chi connectivity index (χ4v) is 3.58. The smallest absolute Gasteiger partial charge is 0.165 e. The average molecular weight is 278 g/mol. The van der Waals surface area contributed by atoms with Crippen molar-refractivity contribution in [2.75, 3.05) is 19.6 Å². The fraction of sp³-hybridized carbons (Fsp3) is 0.625. The third-order valence-electron chi connectivity index (χ3n) is 4.63. The van der Waals surface area contributed by atoms with Crippen molar-refractivity contribution >= 4 is 0 Å². The van der Waals surface area contributed by atoms with Crippen molar-refractivity contribution in [2.24, 2.45) is 5.92 Å². The van der Waals surface area contributed by atoms with Crippen LogP contribution in [-0.4, -0.2) is 35.7 Å². The molecule has 0 amide bonds. The first-order valence-electron chi connectivity index (χ1n) is 7.65. The number of halogens is 1. The number of benzene rings is 1. The molecule has 2 saturated heterocycles. The Morgan fingerprint density at radius 3 is 2.95 bits per heavy atom. The van der Waals surface area contributed by atoms with E-state index in [9.17, 15) is 9.50 Å². The van der Waals surface area contributed by atoms with E-state index in [1.165, 1.54) is 37.8 Å². The molecular weight excluding hydrogens is 255 g/mol. The summed E-state index contributed by atoms with van der Waals surface area (Å²) in [5.74, 6) is -0.0536. The molecular formula is C16H23FN2O. The highest BCUT2D eigenvalue weighted by molar-refractivity contribution is 5.28. The Kier molecular flexibility index (Phi) is 4.22. The summed E-state index contributed by atoms with van der Waals surface area (Å²) in [6.45, 7) is 4.12. The number of nitrogens with one attached hydrogen (secondary N) is 1. The molecule has 2 N–H and O–H groups in total. The summed E-state index contributed by atoms with van der Waals surface area (Å²) in [4.78, 5) is 2.42. The highest BCUT2D eigenvalue weighted by Gasteiger charge is 2.28. The van der Waals surface area contributed by atoms with Crippen molar-refractivity contribution < 1.29 is 9.50 Å². The van der Waals surface area contributed by atoms with E-state index in [0.29, 0.717) is 6.04 Å². The Morgan fingerprint density at radius 2 is 2.20 bits per heavy atom. The second kappa shape index (κ2) is 6.10. The monoisotopic (exact) mass is 278 g/mol. The van der Waals surface area contributed by atoms with Gasteiger partial charge in [-0.15, -0.1) is 0 Å². The second-order valence-corrected chi connectivity index (χ2v) is 6.13. The van der Waals surface area contributed by atoms with Gasteiger partial charge >= 0.3 is 0 Å². The van der Waals surface area contributed by atoms with E-state index in [0.717, 1.165) is 37.7 Å². The molecule has 110 valence electrons. The Hall–Kier alpha value is -1.13. The predicted molar refractivity (Wildman–Crippen MR) is 77.1 cm³/mol. The zero-order valence-corrected chi connectivity index (χ0v) is 11.8. The fourth-order valence-electron chi connectivity index (χ4n) is 3.58. The third kappa shape index (κ3) is 3.13. The third-order valence-corrected chi connectivity index (χ3v) is 4.63. The molecule has 2 aliphatic heterocycles. The summed E-state index contributed by atoms with van der Waals surface area (Å²) in [5, 5.41) is 12.8. The van der Waals surface area contributed by atoms with Crippen LogP contribution in [0.15, 0.2) is 18.2 Å². The SMILES string of the molecule is Oc1ccc(CN2CCCC(C3CCCN3)C2)cc1F. The van der Waals surface area contributed by atoms with Gasteiger partial charge in [0.25, 0.3) is 0 Å².